The van der Waals surface area contributed by atoms with E-state index in [0.717, 1.165) is 18.5 Å². The van der Waals surface area contributed by atoms with Crippen molar-refractivity contribution in [1.29, 1.82) is 0 Å². The lowest BCUT2D eigenvalue weighted by Gasteiger charge is -2.20. The molecule has 0 fully saturated rings. The Morgan fingerprint density at radius 2 is 2.00 bits per heavy atom. The van der Waals surface area contributed by atoms with Crippen molar-refractivity contribution in [2.24, 2.45) is 0 Å². The SMILES string of the molecule is CCCN(CCO)Cc1cc(F)cc(C#CCO)c1. The Labute approximate surface area is 113 Å². The molecule has 0 atom stereocenters. The Morgan fingerprint density at radius 1 is 1.21 bits per heavy atom. The summed E-state index contributed by atoms with van der Waals surface area (Å²) >= 11 is 0. The van der Waals surface area contributed by atoms with Gasteiger partial charge in [0.25, 0.3) is 0 Å². The molecule has 0 bridgehead atoms. The first kappa shape index (κ1) is 15.6. The maximum Gasteiger partial charge on any atom is 0.124 e. The zero-order valence-corrected chi connectivity index (χ0v) is 11.2. The number of rotatable bonds is 6. The summed E-state index contributed by atoms with van der Waals surface area (Å²) in [6.45, 7) is 3.93. The van der Waals surface area contributed by atoms with Crippen LogP contribution in [0.3, 0.4) is 0 Å². The molecular weight excluding hydrogens is 245 g/mol. The lowest BCUT2D eigenvalue weighted by Crippen LogP contribution is -2.27. The fraction of sp³-hybridized carbons (Fsp3) is 0.467. The fourth-order valence-corrected chi connectivity index (χ4v) is 1.94. The topological polar surface area (TPSA) is 43.7 Å². The summed E-state index contributed by atoms with van der Waals surface area (Å²) in [6.07, 6.45) is 0.979. The van der Waals surface area contributed by atoms with Crippen LogP contribution in [-0.2, 0) is 6.54 Å². The molecule has 0 aliphatic carbocycles. The standard InChI is InChI=1S/C15H20FNO2/c1-2-5-17(6-8-19)12-14-9-13(4-3-7-18)10-15(16)11-14/h9-11,18-19H,2,5-8,12H2,1H3. The van der Waals surface area contributed by atoms with Crippen LogP contribution in [0.2, 0.25) is 0 Å². The molecule has 0 spiro atoms. The van der Waals surface area contributed by atoms with Gasteiger partial charge in [-0.2, -0.15) is 0 Å². The third kappa shape index (κ3) is 5.84. The average molecular weight is 265 g/mol. The maximum absolute atomic E-state index is 13.5. The first-order valence-corrected chi connectivity index (χ1v) is 6.42. The normalized spacial score (nSPS) is 10.4. The van der Waals surface area contributed by atoms with Crippen molar-refractivity contribution < 1.29 is 14.6 Å². The van der Waals surface area contributed by atoms with Crippen LogP contribution < -0.4 is 0 Å². The second-order valence-electron chi connectivity index (χ2n) is 4.31. The van der Waals surface area contributed by atoms with Crippen LogP contribution in [0.4, 0.5) is 4.39 Å². The molecule has 0 aliphatic rings. The number of aliphatic hydroxyl groups is 2. The second kappa shape index (κ2) is 8.65. The van der Waals surface area contributed by atoms with E-state index in [-0.39, 0.29) is 19.0 Å². The van der Waals surface area contributed by atoms with Crippen LogP contribution in [-0.4, -0.2) is 41.4 Å². The first-order chi connectivity index (χ1) is 9.19. The van der Waals surface area contributed by atoms with E-state index in [0.29, 0.717) is 18.7 Å². The van der Waals surface area contributed by atoms with E-state index in [1.54, 1.807) is 0 Å². The Hall–Kier alpha value is -1.41. The number of nitrogens with zero attached hydrogens (tertiary/aromatic N) is 1. The summed E-state index contributed by atoms with van der Waals surface area (Å²) in [7, 11) is 0. The molecule has 1 aromatic rings. The van der Waals surface area contributed by atoms with Crippen LogP contribution in [0.25, 0.3) is 0 Å². The molecule has 0 saturated carbocycles. The van der Waals surface area contributed by atoms with Crippen molar-refractivity contribution in [3.05, 3.63) is 35.1 Å². The summed E-state index contributed by atoms with van der Waals surface area (Å²) in [6, 6.07) is 4.64. The predicted octanol–water partition coefficient (Wildman–Crippen LogP) is 1.37. The van der Waals surface area contributed by atoms with Crippen molar-refractivity contribution in [2.45, 2.75) is 19.9 Å². The summed E-state index contributed by atoms with van der Waals surface area (Å²) in [4.78, 5) is 2.07. The van der Waals surface area contributed by atoms with Gasteiger partial charge in [0, 0.05) is 18.7 Å². The highest BCUT2D eigenvalue weighted by Gasteiger charge is 2.06. The summed E-state index contributed by atoms with van der Waals surface area (Å²) in [5.41, 5.74) is 1.38. The summed E-state index contributed by atoms with van der Waals surface area (Å²) < 4.78 is 13.5. The average Bonchev–Trinajstić information content (AvgIpc) is 2.36. The predicted molar refractivity (Wildman–Crippen MR) is 73.0 cm³/mol. The van der Waals surface area contributed by atoms with E-state index in [1.807, 2.05) is 6.07 Å². The zero-order chi connectivity index (χ0) is 14.1. The van der Waals surface area contributed by atoms with Crippen LogP contribution in [0, 0.1) is 17.7 Å². The minimum Gasteiger partial charge on any atom is -0.395 e. The van der Waals surface area contributed by atoms with Gasteiger partial charge in [0.05, 0.1) is 6.61 Å². The van der Waals surface area contributed by atoms with E-state index in [4.69, 9.17) is 10.2 Å². The summed E-state index contributed by atoms with van der Waals surface area (Å²) in [5, 5.41) is 17.6. The molecule has 3 nitrogen and oxygen atoms in total. The van der Waals surface area contributed by atoms with Gasteiger partial charge < -0.3 is 10.2 Å². The molecule has 1 aromatic carbocycles. The van der Waals surface area contributed by atoms with E-state index in [9.17, 15) is 4.39 Å². The maximum atomic E-state index is 13.5. The molecular formula is C15H20FNO2. The summed E-state index contributed by atoms with van der Waals surface area (Å²) in [5.74, 6) is 4.88. The molecule has 0 aliphatic heterocycles. The molecule has 2 N–H and O–H groups in total. The second-order valence-corrected chi connectivity index (χ2v) is 4.31. The Bertz CT molecular complexity index is 445. The quantitative estimate of drug-likeness (QED) is 0.764. The van der Waals surface area contributed by atoms with E-state index in [2.05, 4.69) is 23.7 Å². The minimum atomic E-state index is -0.333. The van der Waals surface area contributed by atoms with Crippen LogP contribution in [0.1, 0.15) is 24.5 Å². The van der Waals surface area contributed by atoms with Gasteiger partial charge in [0.2, 0.25) is 0 Å². The van der Waals surface area contributed by atoms with Crippen molar-refractivity contribution >= 4 is 0 Å². The van der Waals surface area contributed by atoms with Crippen LogP contribution in [0.15, 0.2) is 18.2 Å². The van der Waals surface area contributed by atoms with Gasteiger partial charge in [-0.05, 0) is 36.7 Å². The molecule has 0 amide bonds. The highest BCUT2D eigenvalue weighted by atomic mass is 19.1. The number of hydrogen-bond acceptors (Lipinski definition) is 3. The first-order valence-electron chi connectivity index (χ1n) is 6.42. The molecule has 0 saturated heterocycles. The number of halogens is 1. The zero-order valence-electron chi connectivity index (χ0n) is 11.2. The van der Waals surface area contributed by atoms with Gasteiger partial charge in [-0.3, -0.25) is 4.90 Å². The molecule has 0 heterocycles. The molecule has 0 radical (unpaired) electrons. The number of hydrogen-bond donors (Lipinski definition) is 2. The van der Waals surface area contributed by atoms with E-state index < -0.39 is 0 Å². The van der Waals surface area contributed by atoms with Crippen molar-refractivity contribution in [1.82, 2.24) is 4.90 Å². The van der Waals surface area contributed by atoms with Gasteiger partial charge in [-0.25, -0.2) is 4.39 Å². The molecule has 4 heteroatoms. The number of benzene rings is 1. The molecule has 104 valence electrons. The lowest BCUT2D eigenvalue weighted by molar-refractivity contribution is 0.190. The Kier molecular flexibility index (Phi) is 7.12. The van der Waals surface area contributed by atoms with Gasteiger partial charge in [0.1, 0.15) is 12.4 Å². The van der Waals surface area contributed by atoms with Gasteiger partial charge in [-0.15, -0.1) is 0 Å². The fourth-order valence-electron chi connectivity index (χ4n) is 1.94. The molecule has 0 aromatic heterocycles. The van der Waals surface area contributed by atoms with Crippen LogP contribution in [0.5, 0.6) is 0 Å². The van der Waals surface area contributed by atoms with Crippen LogP contribution >= 0.6 is 0 Å². The smallest absolute Gasteiger partial charge is 0.124 e. The van der Waals surface area contributed by atoms with E-state index >= 15 is 0 Å². The van der Waals surface area contributed by atoms with Gasteiger partial charge in [0.15, 0.2) is 0 Å². The highest BCUT2D eigenvalue weighted by molar-refractivity contribution is 5.37. The monoisotopic (exact) mass is 265 g/mol. The number of aliphatic hydroxyl groups excluding tert-OH is 2. The molecule has 19 heavy (non-hydrogen) atoms. The Morgan fingerprint density at radius 3 is 2.63 bits per heavy atom. The van der Waals surface area contributed by atoms with Gasteiger partial charge in [-0.1, -0.05) is 18.8 Å². The van der Waals surface area contributed by atoms with Gasteiger partial charge >= 0.3 is 0 Å². The molecule has 1 rings (SSSR count). The third-order valence-electron chi connectivity index (χ3n) is 2.63. The largest absolute Gasteiger partial charge is 0.395 e. The van der Waals surface area contributed by atoms with Crippen molar-refractivity contribution in [3.8, 4) is 11.8 Å². The minimum absolute atomic E-state index is 0.0898. The van der Waals surface area contributed by atoms with Crippen molar-refractivity contribution in [3.63, 3.8) is 0 Å². The third-order valence-corrected chi connectivity index (χ3v) is 2.63. The Balaban J connectivity index is 2.83. The molecule has 0 unspecified atom stereocenters. The lowest BCUT2D eigenvalue weighted by atomic mass is 10.1. The van der Waals surface area contributed by atoms with E-state index in [1.165, 1.54) is 12.1 Å². The highest BCUT2D eigenvalue weighted by Crippen LogP contribution is 2.11. The van der Waals surface area contributed by atoms with Crippen molar-refractivity contribution in [2.75, 3.05) is 26.3 Å².